The molecule has 2 heterocycles. The summed E-state index contributed by atoms with van der Waals surface area (Å²) in [6.07, 6.45) is 1.91. The van der Waals surface area contributed by atoms with Crippen LogP contribution in [0.4, 0.5) is 0 Å². The highest BCUT2D eigenvalue weighted by molar-refractivity contribution is 6.30. The summed E-state index contributed by atoms with van der Waals surface area (Å²) in [5.41, 5.74) is 2.30. The van der Waals surface area contributed by atoms with Crippen molar-refractivity contribution in [1.82, 2.24) is 10.2 Å². The molecule has 1 saturated carbocycles. The molecule has 5 heteroatoms. The maximum Gasteiger partial charge on any atom is 0.224 e. The van der Waals surface area contributed by atoms with Crippen molar-refractivity contribution < 1.29 is 4.79 Å². The van der Waals surface area contributed by atoms with Gasteiger partial charge in [0.1, 0.15) is 0 Å². The first-order valence-corrected chi connectivity index (χ1v) is 10.1. The summed E-state index contributed by atoms with van der Waals surface area (Å²) in [6, 6.07) is 16.0. The van der Waals surface area contributed by atoms with Crippen molar-refractivity contribution in [2.24, 2.45) is 5.92 Å². The Morgan fingerprint density at radius 1 is 0.889 bits per heavy atom. The molecule has 3 fully saturated rings. The Morgan fingerprint density at radius 2 is 1.33 bits per heavy atom. The third-order valence-corrected chi connectivity index (χ3v) is 7.01. The Labute approximate surface area is 170 Å². The van der Waals surface area contributed by atoms with Crippen LogP contribution >= 0.6 is 23.2 Å². The highest BCUT2D eigenvalue weighted by Crippen LogP contribution is 2.53. The van der Waals surface area contributed by atoms with Gasteiger partial charge in [-0.3, -0.25) is 4.79 Å². The largest absolute Gasteiger partial charge is 0.354 e. The molecule has 2 unspecified atom stereocenters. The first-order chi connectivity index (χ1) is 12.9. The number of rotatable bonds is 3. The number of hydrogen-bond acceptors (Lipinski definition) is 2. The number of carbonyl (C=O) groups excluding carboxylic acids is 1. The molecule has 2 bridgehead atoms. The standard InChI is InChI=1S/C22H24Cl2N2O/c1-26(2)22-11-18(14-3-7-16(23)8-4-14)20(21(27)25-13-22)19(12-22)15-5-9-17(24)10-6-15/h3-10,18-20H,11-13H2,1-2H3,(H,25,27). The second-order valence-corrected chi connectivity index (χ2v) is 8.96. The Bertz CT molecular complexity index is 777. The molecule has 1 aliphatic carbocycles. The normalized spacial score (nSPS) is 30.3. The van der Waals surface area contributed by atoms with Crippen LogP contribution in [0.2, 0.25) is 10.0 Å². The Balaban J connectivity index is 1.83. The minimum Gasteiger partial charge on any atom is -0.354 e. The number of nitrogens with one attached hydrogen (secondary N) is 1. The molecule has 2 aliphatic heterocycles. The third-order valence-electron chi connectivity index (χ3n) is 6.51. The van der Waals surface area contributed by atoms with E-state index in [-0.39, 0.29) is 29.2 Å². The lowest BCUT2D eigenvalue weighted by molar-refractivity contribution is -0.125. The van der Waals surface area contributed by atoms with Crippen molar-refractivity contribution in [3.05, 3.63) is 69.7 Å². The molecular weight excluding hydrogens is 379 g/mol. The molecule has 1 amide bonds. The molecule has 2 atom stereocenters. The van der Waals surface area contributed by atoms with Gasteiger partial charge in [0.05, 0.1) is 5.92 Å². The van der Waals surface area contributed by atoms with E-state index in [1.807, 2.05) is 24.3 Å². The lowest BCUT2D eigenvalue weighted by atomic mass is 9.61. The number of carbonyl (C=O) groups is 1. The Morgan fingerprint density at radius 3 is 1.74 bits per heavy atom. The van der Waals surface area contributed by atoms with Crippen molar-refractivity contribution in [2.75, 3.05) is 20.6 Å². The van der Waals surface area contributed by atoms with Gasteiger partial charge in [0.25, 0.3) is 0 Å². The summed E-state index contributed by atoms with van der Waals surface area (Å²) in [4.78, 5) is 15.4. The van der Waals surface area contributed by atoms with Gasteiger partial charge in [-0.25, -0.2) is 0 Å². The fraction of sp³-hybridized carbons (Fsp3) is 0.409. The average Bonchev–Trinajstić information content (AvgIpc) is 2.90. The van der Waals surface area contributed by atoms with Crippen molar-refractivity contribution in [1.29, 1.82) is 0 Å². The zero-order chi connectivity index (χ0) is 19.2. The lowest BCUT2D eigenvalue weighted by Crippen LogP contribution is -2.53. The predicted octanol–water partition coefficient (Wildman–Crippen LogP) is 4.70. The van der Waals surface area contributed by atoms with Gasteiger partial charge in [-0.15, -0.1) is 0 Å². The maximum atomic E-state index is 13.2. The third kappa shape index (κ3) is 3.37. The SMILES string of the molecule is CN(C)C12CNC(=O)C(C(c3ccc(Cl)cc3)C1)C(c1ccc(Cl)cc1)C2. The zero-order valence-corrected chi connectivity index (χ0v) is 17.1. The second-order valence-electron chi connectivity index (χ2n) is 8.09. The topological polar surface area (TPSA) is 32.3 Å². The van der Waals surface area contributed by atoms with Gasteiger partial charge in [-0.2, -0.15) is 0 Å². The van der Waals surface area contributed by atoms with Crippen LogP contribution in [0.3, 0.4) is 0 Å². The highest BCUT2D eigenvalue weighted by atomic mass is 35.5. The molecule has 3 nitrogen and oxygen atoms in total. The van der Waals surface area contributed by atoms with E-state index in [1.165, 1.54) is 11.1 Å². The van der Waals surface area contributed by atoms with Gasteiger partial charge in [0.2, 0.25) is 5.91 Å². The molecule has 2 saturated heterocycles. The van der Waals surface area contributed by atoms with E-state index >= 15 is 0 Å². The minimum atomic E-state index is -0.0945. The fourth-order valence-electron chi connectivity index (χ4n) is 4.91. The molecule has 27 heavy (non-hydrogen) atoms. The molecule has 2 aromatic rings. The zero-order valence-electron chi connectivity index (χ0n) is 15.6. The fourth-order valence-corrected chi connectivity index (χ4v) is 5.16. The van der Waals surface area contributed by atoms with E-state index in [2.05, 4.69) is 48.6 Å². The summed E-state index contributed by atoms with van der Waals surface area (Å²) in [5, 5.41) is 4.66. The van der Waals surface area contributed by atoms with Crippen LogP contribution in [0.5, 0.6) is 0 Å². The van der Waals surface area contributed by atoms with Crippen LogP contribution in [-0.2, 0) is 4.79 Å². The van der Waals surface area contributed by atoms with Gasteiger partial charge in [-0.1, -0.05) is 47.5 Å². The number of benzene rings is 2. The number of nitrogens with zero attached hydrogens (tertiary/aromatic N) is 1. The lowest BCUT2D eigenvalue weighted by Gasteiger charge is -2.48. The van der Waals surface area contributed by atoms with Crippen LogP contribution in [0.1, 0.15) is 35.8 Å². The van der Waals surface area contributed by atoms with Crippen LogP contribution in [0.15, 0.2) is 48.5 Å². The van der Waals surface area contributed by atoms with Crippen LogP contribution in [0, 0.1) is 5.92 Å². The molecule has 0 spiro atoms. The van der Waals surface area contributed by atoms with Crippen molar-refractivity contribution in [3.63, 3.8) is 0 Å². The van der Waals surface area contributed by atoms with Crippen LogP contribution in [0.25, 0.3) is 0 Å². The summed E-state index contributed by atoms with van der Waals surface area (Å²) in [7, 11) is 4.24. The van der Waals surface area contributed by atoms with E-state index in [1.54, 1.807) is 0 Å². The van der Waals surface area contributed by atoms with Gasteiger partial charge >= 0.3 is 0 Å². The molecule has 5 rings (SSSR count). The first-order valence-electron chi connectivity index (χ1n) is 9.36. The number of hydrogen-bond donors (Lipinski definition) is 1. The molecule has 0 aromatic heterocycles. The minimum absolute atomic E-state index is 0.0722. The summed E-state index contributed by atoms with van der Waals surface area (Å²) < 4.78 is 0. The average molecular weight is 403 g/mol. The summed E-state index contributed by atoms with van der Waals surface area (Å²) in [5.74, 6) is 0.363. The quantitative estimate of drug-likeness (QED) is 0.806. The van der Waals surface area contributed by atoms with Crippen LogP contribution < -0.4 is 5.32 Å². The molecule has 3 aliphatic rings. The number of likely N-dealkylation sites (N-methyl/N-ethyl adjacent to an activating group) is 1. The van der Waals surface area contributed by atoms with Crippen molar-refractivity contribution >= 4 is 29.1 Å². The van der Waals surface area contributed by atoms with Gasteiger partial charge in [-0.05, 0) is 74.2 Å². The van der Waals surface area contributed by atoms with Crippen molar-refractivity contribution in [3.8, 4) is 0 Å². The molecule has 0 radical (unpaired) electrons. The second kappa shape index (κ2) is 7.12. The number of amides is 1. The molecule has 2 aromatic carbocycles. The summed E-state index contributed by atoms with van der Waals surface area (Å²) in [6.45, 7) is 0.684. The number of halogens is 2. The van der Waals surface area contributed by atoms with Crippen LogP contribution in [-0.4, -0.2) is 37.0 Å². The van der Waals surface area contributed by atoms with Crippen molar-refractivity contribution in [2.45, 2.75) is 30.2 Å². The van der Waals surface area contributed by atoms with E-state index in [0.29, 0.717) is 6.54 Å². The maximum absolute atomic E-state index is 13.2. The highest BCUT2D eigenvalue weighted by Gasteiger charge is 2.53. The van der Waals surface area contributed by atoms with Gasteiger partial charge < -0.3 is 10.2 Å². The smallest absolute Gasteiger partial charge is 0.224 e. The van der Waals surface area contributed by atoms with E-state index in [9.17, 15) is 4.79 Å². The Hall–Kier alpha value is -1.55. The monoisotopic (exact) mass is 402 g/mol. The van der Waals surface area contributed by atoms with E-state index in [4.69, 9.17) is 23.2 Å². The first kappa shape index (κ1) is 18.8. The molecule has 142 valence electrons. The Kier molecular flexibility index (Phi) is 4.96. The van der Waals surface area contributed by atoms with E-state index in [0.717, 1.165) is 22.9 Å². The molecular formula is C22H24Cl2N2O. The molecule has 1 N–H and O–H groups in total. The van der Waals surface area contributed by atoms with Gasteiger partial charge in [0.15, 0.2) is 0 Å². The number of fused-ring (bicyclic) bond motifs is 4. The predicted molar refractivity (Wildman–Crippen MR) is 111 cm³/mol. The van der Waals surface area contributed by atoms with Gasteiger partial charge in [0, 0.05) is 22.1 Å². The van der Waals surface area contributed by atoms with E-state index < -0.39 is 0 Å². The summed E-state index contributed by atoms with van der Waals surface area (Å²) >= 11 is 12.2.